The van der Waals surface area contributed by atoms with Crippen LogP contribution in [0, 0.1) is 23.7 Å². The van der Waals surface area contributed by atoms with Gasteiger partial charge in [0.2, 0.25) is 0 Å². The summed E-state index contributed by atoms with van der Waals surface area (Å²) in [4.78, 5) is 43.2. The van der Waals surface area contributed by atoms with Crippen molar-refractivity contribution < 1.29 is 48.3 Å². The standard InChI is InChI=1S/C47H77N7O10/c1-13-22-61-28-36-24-38(52(10)11)40(56)44(62-36)63-42(31(5)39(55)32(6)43(57)58)46(8,60-12)25-29(3)26-49-33(7)41-47(9,30(4)14-2)64-45(59)54(41)21-16-15-20-53-27-37(50-51-53)34-18-17-19-35(48)23-34/h13,17-19,23,27,29-33,36,38,40-42,44,49,56H,1,14-16,20-22,24-26,28,48H2,2-12H3,(H,57,58)/t29-,30-,31+,32-,33-,36?,38?,40?,41-,42-,44+,46-,47-/m1/s1. The van der Waals surface area contributed by atoms with E-state index in [0.29, 0.717) is 44.8 Å². The molecule has 0 radical (unpaired) electrons. The number of benzene rings is 1. The number of cyclic esters (lactones) is 1. The first-order valence-electron chi connectivity index (χ1n) is 22.9. The van der Waals surface area contributed by atoms with E-state index in [9.17, 15) is 24.6 Å². The molecule has 64 heavy (non-hydrogen) atoms. The van der Waals surface area contributed by atoms with E-state index < -0.39 is 59.4 Å². The van der Waals surface area contributed by atoms with Crippen LogP contribution in [-0.2, 0) is 39.8 Å². The molecule has 0 spiro atoms. The zero-order chi connectivity index (χ0) is 47.5. The molecule has 2 aliphatic heterocycles. The minimum absolute atomic E-state index is 0.0771. The number of aliphatic carboxylic acids is 1. The second-order valence-electron chi connectivity index (χ2n) is 18.7. The van der Waals surface area contributed by atoms with Crippen LogP contribution in [0.4, 0.5) is 10.5 Å². The summed E-state index contributed by atoms with van der Waals surface area (Å²) >= 11 is 0. The third-order valence-corrected chi connectivity index (χ3v) is 13.6. The van der Waals surface area contributed by atoms with Gasteiger partial charge in [0, 0.05) is 49.5 Å². The highest BCUT2D eigenvalue weighted by Gasteiger charge is 2.55. The lowest BCUT2D eigenvalue weighted by Gasteiger charge is -2.47. The van der Waals surface area contributed by atoms with E-state index in [1.54, 1.807) is 20.1 Å². The number of ether oxygens (including phenoxy) is 5. The van der Waals surface area contributed by atoms with Gasteiger partial charge in [-0.3, -0.25) is 19.2 Å². The number of carbonyl (C=O) groups is 3. The fourth-order valence-corrected chi connectivity index (χ4v) is 9.43. The van der Waals surface area contributed by atoms with E-state index in [2.05, 4.69) is 49.9 Å². The monoisotopic (exact) mass is 900 g/mol. The molecule has 2 aliphatic rings. The molecular weight excluding hydrogens is 823 g/mol. The van der Waals surface area contributed by atoms with Crippen LogP contribution in [0.1, 0.15) is 87.5 Å². The van der Waals surface area contributed by atoms with Gasteiger partial charge in [0.05, 0.1) is 43.3 Å². The van der Waals surface area contributed by atoms with Crippen LogP contribution in [0.15, 0.2) is 43.1 Å². The Morgan fingerprint density at radius 3 is 2.52 bits per heavy atom. The number of nitrogens with zero attached hydrogens (tertiary/aromatic N) is 5. The third kappa shape index (κ3) is 12.9. The van der Waals surface area contributed by atoms with Gasteiger partial charge >= 0.3 is 12.1 Å². The van der Waals surface area contributed by atoms with Crippen molar-refractivity contribution >= 4 is 23.5 Å². The number of carboxylic acids is 1. The van der Waals surface area contributed by atoms with Crippen LogP contribution in [-0.4, -0.2) is 154 Å². The van der Waals surface area contributed by atoms with E-state index in [4.69, 9.17) is 29.4 Å². The van der Waals surface area contributed by atoms with E-state index in [0.717, 1.165) is 30.5 Å². The van der Waals surface area contributed by atoms with Crippen LogP contribution in [0.25, 0.3) is 11.3 Å². The van der Waals surface area contributed by atoms with Crippen molar-refractivity contribution in [2.45, 2.75) is 148 Å². The molecule has 0 bridgehead atoms. The number of nitrogens with two attached hydrogens (primary N) is 1. The third-order valence-electron chi connectivity index (χ3n) is 13.6. The maximum Gasteiger partial charge on any atom is 0.410 e. The number of aliphatic hydroxyl groups is 1. The minimum atomic E-state index is -1.30. The Morgan fingerprint density at radius 1 is 1.19 bits per heavy atom. The molecule has 13 atom stereocenters. The van der Waals surface area contributed by atoms with Crippen LogP contribution in [0.2, 0.25) is 0 Å². The fourth-order valence-electron chi connectivity index (χ4n) is 9.43. The predicted octanol–water partition coefficient (Wildman–Crippen LogP) is 5.26. The molecule has 1 aromatic carbocycles. The number of methoxy groups -OCH3 is 1. The SMILES string of the molecule is C=CCOCC1CC(N(C)C)C(O)[C@H](O[C@H]([C@@H](C)C(=O)[C@@H](C)C(=O)O)[C@@](C)(C[C@@H](C)CN[C@H](C)[C@H]2N(CCCCn3cc(-c4cccc(N)c4)nn3)C(=O)O[C@]2(C)[C@H](C)CC)OC)O1. The van der Waals surface area contributed by atoms with E-state index in [1.165, 1.54) is 6.92 Å². The lowest BCUT2D eigenvalue weighted by Crippen LogP contribution is -2.60. The summed E-state index contributed by atoms with van der Waals surface area (Å²) in [6.07, 6.45) is 2.66. The maximum atomic E-state index is 13.8. The summed E-state index contributed by atoms with van der Waals surface area (Å²) < 4.78 is 33.0. The number of ketones is 1. The van der Waals surface area contributed by atoms with Gasteiger partial charge in [0.1, 0.15) is 23.3 Å². The first-order chi connectivity index (χ1) is 30.2. The Balaban J connectivity index is 1.50. The largest absolute Gasteiger partial charge is 0.481 e. The van der Waals surface area contributed by atoms with Gasteiger partial charge < -0.3 is 49.8 Å². The summed E-state index contributed by atoms with van der Waals surface area (Å²) in [6, 6.07) is 6.71. The van der Waals surface area contributed by atoms with Crippen molar-refractivity contribution in [2.24, 2.45) is 23.7 Å². The van der Waals surface area contributed by atoms with Crippen molar-refractivity contribution in [3.05, 3.63) is 43.1 Å². The average molecular weight is 900 g/mol. The summed E-state index contributed by atoms with van der Waals surface area (Å²) in [6.45, 7) is 21.1. The molecule has 17 heteroatoms. The number of rotatable bonds is 27. The molecule has 1 aromatic heterocycles. The molecule has 1 amide bonds. The van der Waals surface area contributed by atoms with Gasteiger partial charge in [-0.1, -0.05) is 51.1 Å². The van der Waals surface area contributed by atoms with Crippen molar-refractivity contribution in [3.8, 4) is 11.3 Å². The number of amides is 1. The topological polar surface area (TPSA) is 213 Å². The number of hydrogen-bond acceptors (Lipinski definition) is 14. The fraction of sp³-hybridized carbons (Fsp3) is 0.723. The van der Waals surface area contributed by atoms with Crippen molar-refractivity contribution in [2.75, 3.05) is 53.2 Å². The van der Waals surface area contributed by atoms with Gasteiger partial charge in [0.15, 0.2) is 12.1 Å². The predicted molar refractivity (Wildman–Crippen MR) is 244 cm³/mol. The number of nitrogen functional groups attached to an aromatic ring is 1. The molecule has 5 N–H and O–H groups in total. The molecule has 4 rings (SSSR count). The Hall–Kier alpha value is -3.97. The number of unbranched alkanes of at least 4 members (excludes halogenated alkanes) is 1. The number of aliphatic hydroxyl groups excluding tert-OH is 1. The van der Waals surface area contributed by atoms with Crippen molar-refractivity contribution in [1.29, 1.82) is 0 Å². The number of Topliss-reactive ketones (excluding diaryl/α,β-unsaturated/α-hetero) is 1. The number of nitrogens with one attached hydrogen (secondary N) is 1. The summed E-state index contributed by atoms with van der Waals surface area (Å²) in [5, 5.41) is 33.8. The van der Waals surface area contributed by atoms with Gasteiger partial charge in [-0.2, -0.15) is 0 Å². The Morgan fingerprint density at radius 2 is 1.89 bits per heavy atom. The number of carbonyl (C=O) groups excluding carboxylic acids is 2. The Labute approximate surface area is 380 Å². The van der Waals surface area contributed by atoms with E-state index in [1.807, 2.05) is 72.9 Å². The molecule has 2 aromatic rings. The number of carboxylic acid groups (broad SMARTS) is 1. The quantitative estimate of drug-likeness (QED) is 0.0390. The molecule has 3 unspecified atom stereocenters. The van der Waals surface area contributed by atoms with E-state index in [-0.39, 0.29) is 42.7 Å². The van der Waals surface area contributed by atoms with Crippen LogP contribution in [0.5, 0.6) is 0 Å². The first-order valence-corrected chi connectivity index (χ1v) is 22.9. The molecular formula is C47H77N7O10. The van der Waals surface area contributed by atoms with Crippen molar-refractivity contribution in [3.63, 3.8) is 0 Å². The van der Waals surface area contributed by atoms with Gasteiger partial charge in [-0.15, -0.1) is 11.7 Å². The highest BCUT2D eigenvalue weighted by molar-refractivity contribution is 5.99. The smallest absolute Gasteiger partial charge is 0.410 e. The summed E-state index contributed by atoms with van der Waals surface area (Å²) in [5.41, 5.74) is 6.36. The average Bonchev–Trinajstić information content (AvgIpc) is 3.84. The number of hydrogen-bond donors (Lipinski definition) is 4. The highest BCUT2D eigenvalue weighted by Crippen LogP contribution is 2.40. The second-order valence-corrected chi connectivity index (χ2v) is 18.7. The normalized spacial score (nSPS) is 26.4. The van der Waals surface area contributed by atoms with Crippen molar-refractivity contribution in [1.82, 2.24) is 30.1 Å². The molecule has 3 heterocycles. The number of aryl methyl sites for hydroxylation is 1. The highest BCUT2D eigenvalue weighted by atomic mass is 16.7. The van der Waals surface area contributed by atoms with Gasteiger partial charge in [-0.05, 0) is 104 Å². The zero-order valence-corrected chi connectivity index (χ0v) is 40.1. The summed E-state index contributed by atoms with van der Waals surface area (Å²) in [7, 11) is 5.27. The molecule has 17 nitrogen and oxygen atoms in total. The van der Waals surface area contributed by atoms with Crippen LogP contribution >= 0.6 is 0 Å². The van der Waals surface area contributed by atoms with Gasteiger partial charge in [0.25, 0.3) is 0 Å². The second kappa shape index (κ2) is 23.5. The minimum Gasteiger partial charge on any atom is -0.481 e. The maximum absolute atomic E-state index is 13.8. The Kier molecular flexibility index (Phi) is 19.3. The van der Waals surface area contributed by atoms with Crippen LogP contribution < -0.4 is 11.1 Å². The van der Waals surface area contributed by atoms with Gasteiger partial charge in [-0.25, -0.2) is 4.79 Å². The Bertz CT molecular complexity index is 1830. The molecule has 0 saturated carbocycles. The number of aromatic nitrogens is 3. The number of likely N-dealkylation sites (N-methyl/N-ethyl adjacent to an activating group) is 1. The number of anilines is 1. The zero-order valence-electron chi connectivity index (χ0n) is 40.1. The molecule has 2 saturated heterocycles. The first kappa shape index (κ1) is 52.7. The lowest BCUT2D eigenvalue weighted by molar-refractivity contribution is -0.301. The summed E-state index contributed by atoms with van der Waals surface area (Å²) in [5.74, 6) is -4.03. The lowest BCUT2D eigenvalue weighted by atomic mass is 9.78. The van der Waals surface area contributed by atoms with Crippen LogP contribution in [0.3, 0.4) is 0 Å². The molecule has 2 fully saturated rings. The molecule has 360 valence electrons. The van der Waals surface area contributed by atoms with E-state index >= 15 is 0 Å². The molecule has 0 aliphatic carbocycles.